The summed E-state index contributed by atoms with van der Waals surface area (Å²) in [4.78, 5) is 12.1. The fourth-order valence-corrected chi connectivity index (χ4v) is 2.31. The van der Waals surface area contributed by atoms with Gasteiger partial charge in [-0.15, -0.1) is 0 Å². The van der Waals surface area contributed by atoms with Gasteiger partial charge in [0, 0.05) is 5.02 Å². The van der Waals surface area contributed by atoms with Crippen LogP contribution in [0.15, 0.2) is 36.4 Å². The van der Waals surface area contributed by atoms with E-state index < -0.39 is 0 Å². The molecule has 0 radical (unpaired) electrons. The highest BCUT2D eigenvalue weighted by Gasteiger charge is 2.13. The van der Waals surface area contributed by atoms with Crippen LogP contribution >= 0.6 is 46.4 Å². The fourth-order valence-electron chi connectivity index (χ4n) is 1.46. The van der Waals surface area contributed by atoms with E-state index in [1.54, 1.807) is 30.3 Å². The molecule has 1 N–H and O–H groups in total. The number of carbonyl (C=O) groups is 1. The number of nitrogens with one attached hydrogen (secondary N) is 1. The van der Waals surface area contributed by atoms with Gasteiger partial charge in [0.05, 0.1) is 26.3 Å². The first kappa shape index (κ1) is 14.5. The molecule has 2 nitrogen and oxygen atoms in total. The largest absolute Gasteiger partial charge is 0.321 e. The van der Waals surface area contributed by atoms with Crippen molar-refractivity contribution >= 4 is 58.0 Å². The maximum absolute atomic E-state index is 12.1. The average Bonchev–Trinajstić information content (AvgIpc) is 2.34. The van der Waals surface area contributed by atoms with Crippen LogP contribution in [0.25, 0.3) is 0 Å². The van der Waals surface area contributed by atoms with E-state index in [-0.39, 0.29) is 16.0 Å². The Hall–Kier alpha value is -0.930. The summed E-state index contributed by atoms with van der Waals surface area (Å²) < 4.78 is 0. The van der Waals surface area contributed by atoms with Gasteiger partial charge in [0.1, 0.15) is 0 Å². The molecule has 0 saturated heterocycles. The van der Waals surface area contributed by atoms with Gasteiger partial charge in [0.25, 0.3) is 5.91 Å². The molecule has 98 valence electrons. The van der Waals surface area contributed by atoms with Crippen LogP contribution in [0.2, 0.25) is 20.1 Å². The van der Waals surface area contributed by atoms with E-state index in [0.29, 0.717) is 21.3 Å². The van der Waals surface area contributed by atoms with Gasteiger partial charge in [0.2, 0.25) is 0 Å². The lowest BCUT2D eigenvalue weighted by molar-refractivity contribution is 0.102. The third-order valence-corrected chi connectivity index (χ3v) is 3.74. The number of hydrogen-bond donors (Lipinski definition) is 1. The summed E-state index contributed by atoms with van der Waals surface area (Å²) in [6.07, 6.45) is 0. The molecule has 0 spiro atoms. The van der Waals surface area contributed by atoms with Crippen molar-refractivity contribution < 1.29 is 4.79 Å². The van der Waals surface area contributed by atoms with Crippen LogP contribution in [0.3, 0.4) is 0 Å². The summed E-state index contributed by atoms with van der Waals surface area (Å²) in [5, 5.41) is 4.01. The van der Waals surface area contributed by atoms with Crippen molar-refractivity contribution in [1.29, 1.82) is 0 Å². The van der Waals surface area contributed by atoms with Gasteiger partial charge in [-0.2, -0.15) is 0 Å². The minimum atomic E-state index is -0.383. The van der Waals surface area contributed by atoms with Gasteiger partial charge in [0.15, 0.2) is 0 Å². The number of amides is 1. The minimum Gasteiger partial charge on any atom is -0.321 e. The molecule has 0 heterocycles. The van der Waals surface area contributed by atoms with Crippen molar-refractivity contribution in [2.24, 2.45) is 0 Å². The Labute approximate surface area is 130 Å². The normalized spacial score (nSPS) is 10.3. The van der Waals surface area contributed by atoms with Crippen LogP contribution in [-0.2, 0) is 0 Å². The van der Waals surface area contributed by atoms with E-state index in [0.717, 1.165) is 0 Å². The first-order valence-electron chi connectivity index (χ1n) is 5.19. The molecule has 19 heavy (non-hydrogen) atoms. The Morgan fingerprint density at radius 2 is 1.68 bits per heavy atom. The number of hydrogen-bond acceptors (Lipinski definition) is 1. The van der Waals surface area contributed by atoms with Crippen molar-refractivity contribution in [1.82, 2.24) is 0 Å². The molecule has 0 unspecified atom stereocenters. The number of carbonyl (C=O) groups excluding carboxylic acids is 1. The van der Waals surface area contributed by atoms with E-state index >= 15 is 0 Å². The Kier molecular flexibility index (Phi) is 4.58. The monoisotopic (exact) mass is 333 g/mol. The highest BCUT2D eigenvalue weighted by atomic mass is 35.5. The summed E-state index contributed by atoms with van der Waals surface area (Å²) in [5.41, 5.74) is 0.729. The van der Waals surface area contributed by atoms with Crippen LogP contribution < -0.4 is 5.32 Å². The molecule has 2 rings (SSSR count). The molecule has 1 amide bonds. The molecule has 6 heteroatoms. The van der Waals surface area contributed by atoms with Crippen LogP contribution in [-0.4, -0.2) is 5.91 Å². The maximum atomic E-state index is 12.1. The zero-order valence-electron chi connectivity index (χ0n) is 9.38. The first-order valence-corrected chi connectivity index (χ1v) is 6.70. The first-order chi connectivity index (χ1) is 8.99. The summed E-state index contributed by atoms with van der Waals surface area (Å²) in [7, 11) is 0. The predicted octanol–water partition coefficient (Wildman–Crippen LogP) is 5.55. The van der Waals surface area contributed by atoms with Gasteiger partial charge >= 0.3 is 0 Å². The third kappa shape index (κ3) is 3.34. The molecule has 0 aromatic heterocycles. The standard InChI is InChI=1S/C13H7Cl4NO/c14-7-4-5-8(10(16)6-7)13(19)18-11-3-1-2-9(15)12(11)17/h1-6H,(H,18,19). The quantitative estimate of drug-likeness (QED) is 0.766. The molecule has 0 bridgehead atoms. The molecular formula is C13H7Cl4NO. The summed E-state index contributed by atoms with van der Waals surface area (Å²) >= 11 is 23.6. The molecule has 2 aromatic carbocycles. The Bertz CT molecular complexity index is 643. The van der Waals surface area contributed by atoms with Crippen LogP contribution in [0.4, 0.5) is 5.69 Å². The van der Waals surface area contributed by atoms with Crippen molar-refractivity contribution in [2.75, 3.05) is 5.32 Å². The van der Waals surface area contributed by atoms with Crippen molar-refractivity contribution in [2.45, 2.75) is 0 Å². The van der Waals surface area contributed by atoms with Gasteiger partial charge in [-0.25, -0.2) is 0 Å². The molecule has 0 aliphatic rings. The number of halogens is 4. The number of benzene rings is 2. The van der Waals surface area contributed by atoms with Gasteiger partial charge < -0.3 is 5.32 Å². The van der Waals surface area contributed by atoms with E-state index in [9.17, 15) is 4.79 Å². The maximum Gasteiger partial charge on any atom is 0.257 e. The van der Waals surface area contributed by atoms with Gasteiger partial charge in [-0.05, 0) is 30.3 Å². The fraction of sp³-hybridized carbons (Fsp3) is 0. The average molecular weight is 335 g/mol. The zero-order valence-corrected chi connectivity index (χ0v) is 12.4. The minimum absolute atomic E-state index is 0.267. The van der Waals surface area contributed by atoms with Crippen molar-refractivity contribution in [3.05, 3.63) is 62.1 Å². The van der Waals surface area contributed by atoms with E-state index in [2.05, 4.69) is 5.32 Å². The van der Waals surface area contributed by atoms with Gasteiger partial charge in [-0.1, -0.05) is 52.5 Å². The SMILES string of the molecule is O=C(Nc1cccc(Cl)c1Cl)c1ccc(Cl)cc1Cl. The molecule has 0 atom stereocenters. The molecule has 0 saturated carbocycles. The molecule has 0 aliphatic heterocycles. The van der Waals surface area contributed by atoms with E-state index in [4.69, 9.17) is 46.4 Å². The van der Waals surface area contributed by atoms with Crippen LogP contribution in [0, 0.1) is 0 Å². The second-order valence-corrected chi connectivity index (χ2v) is 5.31. The van der Waals surface area contributed by atoms with Crippen LogP contribution in [0.1, 0.15) is 10.4 Å². The lowest BCUT2D eigenvalue weighted by Gasteiger charge is -2.09. The Morgan fingerprint density at radius 3 is 2.37 bits per heavy atom. The van der Waals surface area contributed by atoms with Gasteiger partial charge in [-0.3, -0.25) is 4.79 Å². The second-order valence-electron chi connectivity index (χ2n) is 3.68. The highest BCUT2D eigenvalue weighted by Crippen LogP contribution is 2.30. The lowest BCUT2D eigenvalue weighted by atomic mass is 10.2. The summed E-state index contributed by atoms with van der Waals surface area (Å²) in [6.45, 7) is 0. The topological polar surface area (TPSA) is 29.1 Å². The van der Waals surface area contributed by atoms with Crippen LogP contribution in [0.5, 0.6) is 0 Å². The molecular weight excluding hydrogens is 328 g/mol. The summed E-state index contributed by atoms with van der Waals surface area (Å²) in [6, 6.07) is 9.59. The lowest BCUT2D eigenvalue weighted by Crippen LogP contribution is -2.12. The number of rotatable bonds is 2. The van der Waals surface area contributed by atoms with Crippen molar-refractivity contribution in [3.8, 4) is 0 Å². The smallest absolute Gasteiger partial charge is 0.257 e. The highest BCUT2D eigenvalue weighted by molar-refractivity contribution is 6.44. The molecule has 0 fully saturated rings. The second kappa shape index (κ2) is 6.02. The van der Waals surface area contributed by atoms with E-state index in [1.165, 1.54) is 6.07 Å². The third-order valence-electron chi connectivity index (χ3n) is 2.38. The Morgan fingerprint density at radius 1 is 0.947 bits per heavy atom. The molecule has 0 aliphatic carbocycles. The van der Waals surface area contributed by atoms with E-state index in [1.807, 2.05) is 0 Å². The zero-order chi connectivity index (χ0) is 14.0. The van der Waals surface area contributed by atoms with Crippen molar-refractivity contribution in [3.63, 3.8) is 0 Å². The Balaban J connectivity index is 2.28. The number of anilines is 1. The molecule has 2 aromatic rings. The predicted molar refractivity (Wildman–Crippen MR) is 80.9 cm³/mol. The summed E-state index contributed by atoms with van der Waals surface area (Å²) in [5.74, 6) is -0.383.